The molecule has 2 fully saturated rings. The number of aryl methyl sites for hydroxylation is 1. The molecule has 0 spiro atoms. The van der Waals surface area contributed by atoms with Gasteiger partial charge in [-0.3, -0.25) is 0 Å². The number of thioether (sulfide) groups is 1. The second kappa shape index (κ2) is 6.88. The van der Waals surface area contributed by atoms with Crippen molar-refractivity contribution in [2.24, 2.45) is 5.92 Å². The van der Waals surface area contributed by atoms with E-state index in [1.165, 1.54) is 0 Å². The largest absolute Gasteiger partial charge is 0.493 e. The van der Waals surface area contributed by atoms with Crippen LogP contribution in [0.3, 0.4) is 0 Å². The molecular weight excluding hydrogens is 424 g/mol. The molecule has 0 unspecified atom stereocenters. The van der Waals surface area contributed by atoms with E-state index in [0.717, 1.165) is 0 Å². The molecule has 2 saturated heterocycles. The van der Waals surface area contributed by atoms with E-state index in [1.54, 1.807) is 45.0 Å². The van der Waals surface area contributed by atoms with Crippen LogP contribution < -0.4 is 9.47 Å². The molecule has 2 aromatic rings. The van der Waals surface area contributed by atoms with Crippen molar-refractivity contribution in [2.75, 3.05) is 14.2 Å². The zero-order chi connectivity index (χ0) is 22.0. The van der Waals surface area contributed by atoms with E-state index in [1.807, 2.05) is 31.7 Å². The minimum Gasteiger partial charge on any atom is -0.493 e. The van der Waals surface area contributed by atoms with E-state index in [2.05, 4.69) is 5.16 Å². The Kier molecular flexibility index (Phi) is 4.81. The summed E-state index contributed by atoms with van der Waals surface area (Å²) in [6.07, 6.45) is 0. The van der Waals surface area contributed by atoms with Gasteiger partial charge in [-0.2, -0.15) is 0 Å². The lowest BCUT2D eigenvalue weighted by Crippen LogP contribution is -2.67. The van der Waals surface area contributed by atoms with Gasteiger partial charge in [0.15, 0.2) is 17.0 Å². The number of ether oxygens (including phenoxy) is 2. The maximum absolute atomic E-state index is 13.0. The van der Waals surface area contributed by atoms with E-state index in [0.29, 0.717) is 39.1 Å². The average Bonchev–Trinajstić information content (AvgIpc) is 3.20. The summed E-state index contributed by atoms with van der Waals surface area (Å²) >= 11 is 7.26. The zero-order valence-corrected chi connectivity index (χ0v) is 19.3. The van der Waals surface area contributed by atoms with Crippen molar-refractivity contribution in [1.82, 2.24) is 10.1 Å². The van der Waals surface area contributed by atoms with E-state index in [-0.39, 0.29) is 11.3 Å². The van der Waals surface area contributed by atoms with Crippen LogP contribution in [0.2, 0.25) is 0 Å². The fourth-order valence-electron chi connectivity index (χ4n) is 4.66. The van der Waals surface area contributed by atoms with Crippen LogP contribution in [-0.4, -0.2) is 50.5 Å². The van der Waals surface area contributed by atoms with E-state index < -0.39 is 16.3 Å². The topological polar surface area (TPSA) is 85.0 Å². The fraction of sp³-hybridized carbons (Fsp3) is 0.476. The van der Waals surface area contributed by atoms with Gasteiger partial charge in [-0.05, 0) is 39.0 Å². The standard InChI is InChI=1S/C21H24N2O5S2/c1-10-17(29)23-18(10)30-20(3,4)21(23,19(24)25)15-11(2)28-22-16(15)12-7-8-13(26-5)14(9-12)27-6/h7-10,18H,1-6H3,(H,24,25)/t10-,18-,21+/m1/s1. The summed E-state index contributed by atoms with van der Waals surface area (Å²) < 4.78 is 15.6. The maximum Gasteiger partial charge on any atom is 0.336 e. The van der Waals surface area contributed by atoms with Crippen LogP contribution in [0.15, 0.2) is 22.7 Å². The van der Waals surface area contributed by atoms with Gasteiger partial charge >= 0.3 is 5.97 Å². The van der Waals surface area contributed by atoms with Crippen LogP contribution in [0.1, 0.15) is 32.1 Å². The number of thiocarbonyl (C=S) groups is 1. The number of benzene rings is 1. The molecule has 0 radical (unpaired) electrons. The zero-order valence-electron chi connectivity index (χ0n) is 17.7. The fourth-order valence-corrected chi connectivity index (χ4v) is 6.97. The highest BCUT2D eigenvalue weighted by Crippen LogP contribution is 2.64. The van der Waals surface area contributed by atoms with E-state index >= 15 is 0 Å². The number of methoxy groups -OCH3 is 2. The lowest BCUT2D eigenvalue weighted by atomic mass is 9.73. The number of rotatable bonds is 5. The molecular formula is C21H24N2O5S2. The average molecular weight is 449 g/mol. The molecule has 0 bridgehead atoms. The minimum atomic E-state index is -1.40. The Hall–Kier alpha value is -2.26. The molecule has 9 heteroatoms. The second-order valence-electron chi connectivity index (χ2n) is 8.06. The monoisotopic (exact) mass is 448 g/mol. The Morgan fingerprint density at radius 3 is 2.57 bits per heavy atom. The summed E-state index contributed by atoms with van der Waals surface area (Å²) in [5, 5.41) is 14.9. The maximum atomic E-state index is 13.0. The molecule has 2 aliphatic heterocycles. The molecule has 160 valence electrons. The molecule has 2 aliphatic rings. The number of hydrogen-bond acceptors (Lipinski definition) is 7. The molecule has 7 nitrogen and oxygen atoms in total. The van der Waals surface area contributed by atoms with Crippen LogP contribution >= 0.6 is 24.0 Å². The molecule has 4 rings (SSSR count). The quantitative estimate of drug-likeness (QED) is 0.680. The van der Waals surface area contributed by atoms with Gasteiger partial charge in [-0.15, -0.1) is 11.8 Å². The molecule has 1 aromatic carbocycles. The third kappa shape index (κ3) is 2.48. The van der Waals surface area contributed by atoms with Gasteiger partial charge in [0.2, 0.25) is 0 Å². The van der Waals surface area contributed by atoms with Crippen LogP contribution in [0.5, 0.6) is 11.5 Å². The Bertz CT molecular complexity index is 1050. The molecule has 30 heavy (non-hydrogen) atoms. The highest BCUT2D eigenvalue weighted by molar-refractivity contribution is 8.01. The Balaban J connectivity index is 1.98. The Morgan fingerprint density at radius 1 is 1.30 bits per heavy atom. The van der Waals surface area contributed by atoms with Gasteiger partial charge in [0, 0.05) is 11.5 Å². The van der Waals surface area contributed by atoms with E-state index in [9.17, 15) is 9.90 Å². The molecule has 0 amide bonds. The summed E-state index contributed by atoms with van der Waals surface area (Å²) in [6, 6.07) is 5.36. The second-order valence-corrected chi connectivity index (χ2v) is 10.2. The third-order valence-corrected chi connectivity index (χ3v) is 8.46. The first-order valence-electron chi connectivity index (χ1n) is 9.55. The number of nitrogens with zero attached hydrogens (tertiary/aromatic N) is 2. The normalized spacial score (nSPS) is 26.9. The summed E-state index contributed by atoms with van der Waals surface area (Å²) in [5.41, 5.74) is 0.270. The first-order valence-corrected chi connectivity index (χ1v) is 10.8. The van der Waals surface area contributed by atoms with Crippen molar-refractivity contribution in [1.29, 1.82) is 0 Å². The van der Waals surface area contributed by atoms with Gasteiger partial charge in [0.05, 0.1) is 34.9 Å². The van der Waals surface area contributed by atoms with Crippen molar-refractivity contribution >= 4 is 34.9 Å². The highest BCUT2D eigenvalue weighted by atomic mass is 32.2. The SMILES string of the molecule is COc1ccc(-c2noc(C)c2[C@@]2(C(=O)O)N3C(=S)[C@@H](C)[C@H]3SC2(C)C)cc1OC. The van der Waals surface area contributed by atoms with E-state index in [4.69, 9.17) is 26.2 Å². The number of aromatic nitrogens is 1. The highest BCUT2D eigenvalue weighted by Gasteiger charge is 2.72. The van der Waals surface area contributed by atoms with Crippen molar-refractivity contribution in [3.05, 3.63) is 29.5 Å². The number of carboxylic acid groups (broad SMARTS) is 1. The van der Waals surface area contributed by atoms with Crippen molar-refractivity contribution in [2.45, 2.75) is 43.4 Å². The molecule has 0 aliphatic carbocycles. The molecule has 0 saturated carbocycles. The molecule has 3 atom stereocenters. The van der Waals surface area contributed by atoms with Crippen LogP contribution in [-0.2, 0) is 10.3 Å². The van der Waals surface area contributed by atoms with Gasteiger partial charge in [0.1, 0.15) is 11.5 Å². The number of fused-ring (bicyclic) bond motifs is 1. The number of hydrogen-bond donors (Lipinski definition) is 1. The van der Waals surface area contributed by atoms with Crippen LogP contribution in [0.25, 0.3) is 11.3 Å². The van der Waals surface area contributed by atoms with Crippen molar-refractivity contribution in [3.8, 4) is 22.8 Å². The van der Waals surface area contributed by atoms with Gasteiger partial charge in [0.25, 0.3) is 0 Å². The lowest BCUT2D eigenvalue weighted by Gasteiger charge is -2.51. The van der Waals surface area contributed by atoms with Crippen LogP contribution in [0.4, 0.5) is 0 Å². The summed E-state index contributed by atoms with van der Waals surface area (Å²) in [7, 11) is 3.11. The molecule has 3 heterocycles. The van der Waals surface area contributed by atoms with Gasteiger partial charge in [-0.1, -0.05) is 24.3 Å². The van der Waals surface area contributed by atoms with Gasteiger partial charge in [-0.25, -0.2) is 4.79 Å². The molecule has 1 aromatic heterocycles. The molecule has 1 N–H and O–H groups in total. The first-order chi connectivity index (χ1) is 14.1. The van der Waals surface area contributed by atoms with Crippen molar-refractivity contribution < 1.29 is 23.9 Å². The number of aliphatic carboxylic acids is 1. The number of carboxylic acids is 1. The predicted octanol–water partition coefficient (Wildman–Crippen LogP) is 4.08. The summed E-state index contributed by atoms with van der Waals surface area (Å²) in [6.45, 7) is 7.69. The summed E-state index contributed by atoms with van der Waals surface area (Å²) in [5.74, 6) is 0.723. The Labute approximate surface area is 184 Å². The predicted molar refractivity (Wildman–Crippen MR) is 118 cm³/mol. The first kappa shape index (κ1) is 21.0. The summed E-state index contributed by atoms with van der Waals surface area (Å²) in [4.78, 5) is 15.5. The van der Waals surface area contributed by atoms with Crippen LogP contribution in [0, 0.1) is 12.8 Å². The Morgan fingerprint density at radius 2 is 1.97 bits per heavy atom. The third-order valence-electron chi connectivity index (χ3n) is 6.15. The number of carbonyl (C=O) groups is 1. The lowest BCUT2D eigenvalue weighted by molar-refractivity contribution is -0.152. The van der Waals surface area contributed by atoms with Gasteiger partial charge < -0.3 is 24.0 Å². The minimum absolute atomic E-state index is 0.00356. The van der Waals surface area contributed by atoms with Crippen molar-refractivity contribution in [3.63, 3.8) is 0 Å². The smallest absolute Gasteiger partial charge is 0.336 e.